The number of methoxy groups -OCH3 is 4. The molecule has 1 aliphatic heterocycles. The minimum atomic E-state index is -0.255. The fourth-order valence-corrected chi connectivity index (χ4v) is 6.36. The molecule has 0 saturated carbocycles. The number of likely N-dealkylation sites (tertiary alicyclic amines) is 1. The normalized spacial score (nSPS) is 12.8. The lowest BCUT2D eigenvalue weighted by molar-refractivity contribution is 0.201. The number of nitrogens with zero attached hydrogens (tertiary/aromatic N) is 4. The van der Waals surface area contributed by atoms with Crippen LogP contribution in [0.15, 0.2) is 97.3 Å². The summed E-state index contributed by atoms with van der Waals surface area (Å²) in [6.45, 7) is 3.50. The molecule has 0 aliphatic carbocycles. The van der Waals surface area contributed by atoms with Crippen molar-refractivity contribution in [3.8, 4) is 45.5 Å². The van der Waals surface area contributed by atoms with E-state index in [4.69, 9.17) is 18.9 Å². The van der Waals surface area contributed by atoms with Crippen molar-refractivity contribution in [3.05, 3.63) is 114 Å². The van der Waals surface area contributed by atoms with Crippen LogP contribution in [0.2, 0.25) is 0 Å². The molecule has 2 aromatic heterocycles. The van der Waals surface area contributed by atoms with Gasteiger partial charge in [-0.1, -0.05) is 0 Å². The first-order chi connectivity index (χ1) is 23.5. The molecule has 0 atom stereocenters. The minimum Gasteiger partial charge on any atom is -0.497 e. The zero-order valence-electron chi connectivity index (χ0n) is 29.1. The van der Waals surface area contributed by atoms with Gasteiger partial charge in [0, 0.05) is 61.4 Å². The van der Waals surface area contributed by atoms with Crippen LogP contribution < -0.4 is 23.8 Å². The van der Waals surface area contributed by atoms with E-state index in [2.05, 4.69) is 56.2 Å². The second-order valence-corrected chi connectivity index (χ2v) is 11.9. The summed E-state index contributed by atoms with van der Waals surface area (Å²) < 4.78 is 35.6. The summed E-state index contributed by atoms with van der Waals surface area (Å²) in [5.74, 6) is 2.33. The Labute approximate surface area is 318 Å². The lowest BCUT2D eigenvalue weighted by Gasteiger charge is -2.40. The number of aromatic nitrogens is 2. The van der Waals surface area contributed by atoms with Gasteiger partial charge in [-0.25, -0.2) is 4.39 Å². The summed E-state index contributed by atoms with van der Waals surface area (Å²) in [7, 11) is 6.52. The van der Waals surface area contributed by atoms with Gasteiger partial charge in [-0.15, -0.1) is 37.2 Å². The monoisotopic (exact) mass is 756 g/mol. The Balaban J connectivity index is 0.00000234. The molecule has 0 N–H and O–H groups in total. The van der Waals surface area contributed by atoms with Crippen molar-refractivity contribution in [1.29, 1.82) is 0 Å². The molecule has 0 bridgehead atoms. The Hall–Kier alpha value is -4.28. The van der Waals surface area contributed by atoms with E-state index in [9.17, 15) is 4.39 Å². The fourth-order valence-electron chi connectivity index (χ4n) is 6.36. The zero-order valence-corrected chi connectivity index (χ0v) is 31.5. The molecule has 5 aromatic rings. The standard InChI is InChI=1S/C39H41FN4O4.3ClH/c1-45-34-11-9-32(10-12-34)44(26-28-14-18-41-35(22-28)29-5-7-31(40)8-6-29)33-15-19-43(20-16-33)25-27-13-17-42-36(21-27)30-23-37(46-2)39(48-4)38(24-30)47-3;;;/h5-14,17-18,21-24,33H,15-16,19-20,25-26H2,1-4H3;3*1H. The number of rotatable bonds is 12. The van der Waals surface area contributed by atoms with Gasteiger partial charge < -0.3 is 23.8 Å². The number of hydrogen-bond acceptors (Lipinski definition) is 8. The highest BCUT2D eigenvalue weighted by atomic mass is 35.5. The van der Waals surface area contributed by atoms with Crippen molar-refractivity contribution in [2.45, 2.75) is 32.0 Å². The van der Waals surface area contributed by atoms with Gasteiger partial charge in [0.15, 0.2) is 11.5 Å². The summed E-state index contributed by atoms with van der Waals surface area (Å²) in [5, 5.41) is 0. The predicted octanol–water partition coefficient (Wildman–Crippen LogP) is 8.92. The van der Waals surface area contributed by atoms with Crippen LogP contribution in [0.4, 0.5) is 10.1 Å². The average Bonchev–Trinajstić information content (AvgIpc) is 3.14. The number of benzene rings is 3. The SMILES string of the molecule is COc1ccc(N(Cc2ccnc(-c3ccc(F)cc3)c2)C2CCN(Cc3ccnc(-c4cc(OC)c(OC)c(OC)c4)c3)CC2)cc1.Cl.Cl.Cl. The Kier molecular flexibility index (Phi) is 15.6. The summed E-state index contributed by atoms with van der Waals surface area (Å²) in [6, 6.07) is 27.4. The Morgan fingerprint density at radius 2 is 1.24 bits per heavy atom. The molecule has 3 heterocycles. The van der Waals surface area contributed by atoms with E-state index in [0.717, 1.165) is 78.5 Å². The fraction of sp³-hybridized carbons (Fsp3) is 0.282. The van der Waals surface area contributed by atoms with E-state index in [0.29, 0.717) is 23.3 Å². The van der Waals surface area contributed by atoms with Gasteiger partial charge in [-0.2, -0.15) is 0 Å². The third-order valence-electron chi connectivity index (χ3n) is 8.91. The molecule has 1 saturated heterocycles. The van der Waals surface area contributed by atoms with Crippen LogP contribution in [0, 0.1) is 5.82 Å². The molecule has 12 heteroatoms. The first-order valence-corrected chi connectivity index (χ1v) is 16.1. The molecule has 1 fully saturated rings. The molecular weight excluding hydrogens is 714 g/mol. The number of pyridine rings is 2. The van der Waals surface area contributed by atoms with Crippen molar-refractivity contribution < 1.29 is 23.3 Å². The van der Waals surface area contributed by atoms with Crippen molar-refractivity contribution in [3.63, 3.8) is 0 Å². The lowest BCUT2D eigenvalue weighted by atomic mass is 10.00. The highest BCUT2D eigenvalue weighted by molar-refractivity contribution is 5.86. The maximum atomic E-state index is 13.6. The topological polar surface area (TPSA) is 69.2 Å². The number of halogens is 4. The average molecular weight is 758 g/mol. The molecule has 51 heavy (non-hydrogen) atoms. The van der Waals surface area contributed by atoms with Gasteiger partial charge in [0.1, 0.15) is 11.6 Å². The first-order valence-electron chi connectivity index (χ1n) is 16.1. The predicted molar refractivity (Wildman–Crippen MR) is 208 cm³/mol. The van der Waals surface area contributed by atoms with Gasteiger partial charge >= 0.3 is 0 Å². The van der Waals surface area contributed by atoms with Gasteiger partial charge in [0.05, 0.1) is 39.8 Å². The third-order valence-corrected chi connectivity index (χ3v) is 8.91. The molecule has 8 nitrogen and oxygen atoms in total. The maximum Gasteiger partial charge on any atom is 0.203 e. The van der Waals surface area contributed by atoms with E-state index < -0.39 is 0 Å². The molecule has 3 aromatic carbocycles. The maximum absolute atomic E-state index is 13.6. The van der Waals surface area contributed by atoms with Crippen LogP contribution in [-0.2, 0) is 13.1 Å². The number of ether oxygens (including phenoxy) is 4. The summed E-state index contributed by atoms with van der Waals surface area (Å²) >= 11 is 0. The van der Waals surface area contributed by atoms with Crippen molar-refractivity contribution in [1.82, 2.24) is 14.9 Å². The van der Waals surface area contributed by atoms with Crippen LogP contribution in [0.25, 0.3) is 22.5 Å². The van der Waals surface area contributed by atoms with E-state index in [1.807, 2.05) is 36.7 Å². The highest BCUT2D eigenvalue weighted by Gasteiger charge is 2.26. The summed E-state index contributed by atoms with van der Waals surface area (Å²) in [6.07, 6.45) is 5.74. The molecule has 0 radical (unpaired) electrons. The van der Waals surface area contributed by atoms with E-state index in [1.165, 1.54) is 17.7 Å². The first kappa shape index (κ1) is 41.1. The van der Waals surface area contributed by atoms with Gasteiger partial charge in [0.25, 0.3) is 0 Å². The lowest BCUT2D eigenvalue weighted by Crippen LogP contribution is -2.44. The van der Waals surface area contributed by atoms with Gasteiger partial charge in [-0.3, -0.25) is 14.9 Å². The molecule has 0 amide bonds. The molecule has 0 unspecified atom stereocenters. The van der Waals surface area contributed by atoms with Crippen molar-refractivity contribution >= 4 is 42.9 Å². The van der Waals surface area contributed by atoms with E-state index in [-0.39, 0.29) is 43.0 Å². The number of hydrogen-bond donors (Lipinski definition) is 0. The van der Waals surface area contributed by atoms with Crippen LogP contribution >= 0.6 is 37.2 Å². The number of piperidine rings is 1. The van der Waals surface area contributed by atoms with Crippen LogP contribution in [-0.4, -0.2) is 62.4 Å². The molecule has 272 valence electrons. The summed E-state index contributed by atoms with van der Waals surface area (Å²) in [4.78, 5) is 14.2. The Morgan fingerprint density at radius 3 is 1.80 bits per heavy atom. The van der Waals surface area contributed by atoms with Crippen LogP contribution in [0.1, 0.15) is 24.0 Å². The second kappa shape index (κ2) is 19.4. The largest absolute Gasteiger partial charge is 0.497 e. The van der Waals surface area contributed by atoms with Crippen LogP contribution in [0.3, 0.4) is 0 Å². The number of anilines is 1. The second-order valence-electron chi connectivity index (χ2n) is 11.9. The molecule has 0 spiro atoms. The molecule has 6 rings (SSSR count). The minimum absolute atomic E-state index is 0. The quantitative estimate of drug-likeness (QED) is 0.125. The van der Waals surface area contributed by atoms with Gasteiger partial charge in [0.2, 0.25) is 5.75 Å². The van der Waals surface area contributed by atoms with Crippen molar-refractivity contribution in [2.24, 2.45) is 0 Å². The van der Waals surface area contributed by atoms with E-state index in [1.54, 1.807) is 40.6 Å². The van der Waals surface area contributed by atoms with Crippen molar-refractivity contribution in [2.75, 3.05) is 46.4 Å². The highest BCUT2D eigenvalue weighted by Crippen LogP contribution is 2.41. The smallest absolute Gasteiger partial charge is 0.203 e. The Bertz CT molecular complexity index is 1800. The third kappa shape index (κ3) is 9.95. The van der Waals surface area contributed by atoms with Crippen LogP contribution in [0.5, 0.6) is 23.0 Å². The Morgan fingerprint density at radius 1 is 0.667 bits per heavy atom. The van der Waals surface area contributed by atoms with Gasteiger partial charge in [-0.05, 0) is 109 Å². The van der Waals surface area contributed by atoms with E-state index >= 15 is 0 Å². The zero-order chi connectivity index (χ0) is 33.5. The summed E-state index contributed by atoms with van der Waals surface area (Å²) in [5.41, 5.74) is 6.98. The molecular formula is C39H44Cl3FN4O4. The molecule has 1 aliphatic rings.